The fraction of sp³-hybridized carbons (Fsp3) is 0.296. The third-order valence-corrected chi connectivity index (χ3v) is 6.92. The molecule has 4 rings (SSSR count). The molecule has 3 aromatic rings. The highest BCUT2D eigenvalue weighted by Gasteiger charge is 2.22. The molecule has 1 aliphatic rings. The van der Waals surface area contributed by atoms with E-state index in [-0.39, 0.29) is 18.5 Å². The van der Waals surface area contributed by atoms with Crippen LogP contribution in [0.15, 0.2) is 66.7 Å². The van der Waals surface area contributed by atoms with Gasteiger partial charge >= 0.3 is 0 Å². The van der Waals surface area contributed by atoms with Crippen LogP contribution >= 0.6 is 0 Å². The Bertz CT molecular complexity index is 1320. The van der Waals surface area contributed by atoms with Gasteiger partial charge in [-0.15, -0.1) is 0 Å². The van der Waals surface area contributed by atoms with Gasteiger partial charge in [-0.3, -0.25) is 9.10 Å². The summed E-state index contributed by atoms with van der Waals surface area (Å²) in [5.74, 6) is 1.64. The van der Waals surface area contributed by atoms with Gasteiger partial charge in [-0.05, 0) is 61.4 Å². The first-order valence-corrected chi connectivity index (χ1v) is 13.6. The number of amides is 1. The molecule has 0 unspecified atom stereocenters. The first kappa shape index (κ1) is 25.4. The average molecular weight is 511 g/mol. The van der Waals surface area contributed by atoms with E-state index in [0.717, 1.165) is 17.4 Å². The van der Waals surface area contributed by atoms with Crippen LogP contribution in [0.4, 0.5) is 5.69 Å². The predicted octanol–water partition coefficient (Wildman–Crippen LogP) is 4.31. The summed E-state index contributed by atoms with van der Waals surface area (Å²) < 4.78 is 43.3. The SMILES string of the molecule is CCOc1ccccc1N(Cc1ccc(C(=O)N[C@H](C)c2ccc3c(c2)OCCO3)cc1)S(C)(=O)=O. The van der Waals surface area contributed by atoms with Crippen molar-refractivity contribution in [3.05, 3.63) is 83.4 Å². The van der Waals surface area contributed by atoms with Crippen LogP contribution in [0.2, 0.25) is 0 Å². The van der Waals surface area contributed by atoms with Crippen LogP contribution in [0.1, 0.15) is 41.4 Å². The molecule has 1 amide bonds. The summed E-state index contributed by atoms with van der Waals surface area (Å²) in [6, 6.07) is 19.3. The van der Waals surface area contributed by atoms with Gasteiger partial charge in [-0.25, -0.2) is 8.42 Å². The number of anilines is 1. The van der Waals surface area contributed by atoms with Crippen molar-refractivity contribution in [2.75, 3.05) is 30.4 Å². The molecule has 0 fully saturated rings. The summed E-state index contributed by atoms with van der Waals surface area (Å²) in [7, 11) is -3.58. The van der Waals surface area contributed by atoms with E-state index in [9.17, 15) is 13.2 Å². The van der Waals surface area contributed by atoms with Gasteiger partial charge in [0.05, 0.1) is 31.1 Å². The summed E-state index contributed by atoms with van der Waals surface area (Å²) in [6.45, 7) is 5.30. The van der Waals surface area contributed by atoms with Gasteiger partial charge in [0, 0.05) is 5.56 Å². The zero-order chi connectivity index (χ0) is 25.7. The predicted molar refractivity (Wildman–Crippen MR) is 138 cm³/mol. The third kappa shape index (κ3) is 5.91. The largest absolute Gasteiger partial charge is 0.492 e. The van der Waals surface area contributed by atoms with Crippen LogP contribution in [0, 0.1) is 0 Å². The van der Waals surface area contributed by atoms with Gasteiger partial charge in [-0.1, -0.05) is 30.3 Å². The number of nitrogens with zero attached hydrogens (tertiary/aromatic N) is 1. The van der Waals surface area contributed by atoms with Crippen molar-refractivity contribution in [3.8, 4) is 17.2 Å². The number of hydrogen-bond acceptors (Lipinski definition) is 6. The van der Waals surface area contributed by atoms with Crippen LogP contribution < -0.4 is 23.8 Å². The van der Waals surface area contributed by atoms with Gasteiger partial charge in [0.15, 0.2) is 11.5 Å². The van der Waals surface area contributed by atoms with Crippen molar-refractivity contribution in [2.45, 2.75) is 26.4 Å². The zero-order valence-corrected chi connectivity index (χ0v) is 21.4. The smallest absolute Gasteiger partial charge is 0.251 e. The Morgan fingerprint density at radius 3 is 2.42 bits per heavy atom. The first-order chi connectivity index (χ1) is 17.3. The molecule has 0 saturated heterocycles. The van der Waals surface area contributed by atoms with Crippen molar-refractivity contribution < 1.29 is 27.4 Å². The molecule has 1 aliphatic heterocycles. The molecular weight excluding hydrogens is 480 g/mol. The van der Waals surface area contributed by atoms with Gasteiger partial charge in [-0.2, -0.15) is 0 Å². The molecule has 8 nitrogen and oxygen atoms in total. The fourth-order valence-electron chi connectivity index (χ4n) is 3.94. The van der Waals surface area contributed by atoms with Crippen molar-refractivity contribution in [1.29, 1.82) is 0 Å². The zero-order valence-electron chi connectivity index (χ0n) is 20.6. The van der Waals surface area contributed by atoms with Crippen LogP contribution in [0.25, 0.3) is 0 Å². The molecule has 36 heavy (non-hydrogen) atoms. The number of fused-ring (bicyclic) bond motifs is 1. The van der Waals surface area contributed by atoms with E-state index in [1.807, 2.05) is 32.0 Å². The topological polar surface area (TPSA) is 94.2 Å². The summed E-state index contributed by atoms with van der Waals surface area (Å²) in [5.41, 5.74) is 2.59. The molecule has 0 saturated carbocycles. The van der Waals surface area contributed by atoms with Gasteiger partial charge in [0.25, 0.3) is 5.91 Å². The van der Waals surface area contributed by atoms with E-state index in [0.29, 0.717) is 48.3 Å². The van der Waals surface area contributed by atoms with E-state index < -0.39 is 10.0 Å². The molecule has 1 atom stereocenters. The Kier molecular flexibility index (Phi) is 7.69. The highest BCUT2D eigenvalue weighted by molar-refractivity contribution is 7.92. The maximum absolute atomic E-state index is 12.9. The lowest BCUT2D eigenvalue weighted by atomic mass is 10.1. The highest BCUT2D eigenvalue weighted by atomic mass is 32.2. The number of benzene rings is 3. The summed E-state index contributed by atoms with van der Waals surface area (Å²) in [5, 5.41) is 2.99. The molecule has 9 heteroatoms. The van der Waals surface area contributed by atoms with Gasteiger partial charge < -0.3 is 19.5 Å². The van der Waals surface area contributed by atoms with Crippen molar-refractivity contribution in [3.63, 3.8) is 0 Å². The Balaban J connectivity index is 1.46. The Hall–Kier alpha value is -3.72. The first-order valence-electron chi connectivity index (χ1n) is 11.7. The molecule has 190 valence electrons. The molecule has 0 bridgehead atoms. The third-order valence-electron chi connectivity index (χ3n) is 5.79. The number of carbonyl (C=O) groups is 1. The monoisotopic (exact) mass is 510 g/mol. The Morgan fingerprint density at radius 1 is 1.03 bits per heavy atom. The van der Waals surface area contributed by atoms with E-state index in [1.54, 1.807) is 48.5 Å². The molecule has 0 aliphatic carbocycles. The summed E-state index contributed by atoms with van der Waals surface area (Å²) in [6.07, 6.45) is 1.16. The highest BCUT2D eigenvalue weighted by Crippen LogP contribution is 2.33. The van der Waals surface area contributed by atoms with Gasteiger partial charge in [0.1, 0.15) is 19.0 Å². The lowest BCUT2D eigenvalue weighted by molar-refractivity contribution is 0.0939. The number of ether oxygens (including phenoxy) is 3. The normalized spacial score (nSPS) is 13.5. The molecule has 0 aromatic heterocycles. The van der Waals surface area contributed by atoms with E-state index in [2.05, 4.69) is 5.32 Å². The van der Waals surface area contributed by atoms with E-state index >= 15 is 0 Å². The number of hydrogen-bond donors (Lipinski definition) is 1. The Morgan fingerprint density at radius 2 is 1.72 bits per heavy atom. The average Bonchev–Trinajstić information content (AvgIpc) is 2.87. The minimum absolute atomic E-state index is 0.110. The molecular formula is C27H30N2O6S. The van der Waals surface area contributed by atoms with Crippen LogP contribution in [-0.2, 0) is 16.6 Å². The Labute approximate surface area is 211 Å². The maximum Gasteiger partial charge on any atom is 0.251 e. The number of nitrogens with one attached hydrogen (secondary N) is 1. The second kappa shape index (κ2) is 10.9. The summed E-state index contributed by atoms with van der Waals surface area (Å²) >= 11 is 0. The van der Waals surface area contributed by atoms with Crippen molar-refractivity contribution in [1.82, 2.24) is 5.32 Å². The minimum atomic E-state index is -3.58. The minimum Gasteiger partial charge on any atom is -0.492 e. The lowest BCUT2D eigenvalue weighted by Crippen LogP contribution is -2.30. The standard InChI is InChI=1S/C27H30N2O6S/c1-4-33-24-8-6-5-7-23(24)29(36(3,31)32)18-20-9-11-21(12-10-20)27(30)28-19(2)22-13-14-25-26(17-22)35-16-15-34-25/h5-14,17,19H,4,15-16,18H2,1-3H3,(H,28,30)/t19-/m1/s1. The number of carbonyl (C=O) groups excluding carboxylic acids is 1. The number of para-hydroxylation sites is 2. The second-order valence-electron chi connectivity index (χ2n) is 8.47. The maximum atomic E-state index is 12.9. The van der Waals surface area contributed by atoms with Crippen molar-refractivity contribution >= 4 is 21.6 Å². The van der Waals surface area contributed by atoms with Crippen molar-refractivity contribution in [2.24, 2.45) is 0 Å². The van der Waals surface area contributed by atoms with Crippen LogP contribution in [0.5, 0.6) is 17.2 Å². The number of sulfonamides is 1. The molecule has 0 spiro atoms. The lowest BCUT2D eigenvalue weighted by Gasteiger charge is -2.25. The molecule has 0 radical (unpaired) electrons. The quantitative estimate of drug-likeness (QED) is 0.461. The number of rotatable bonds is 9. The van der Waals surface area contributed by atoms with E-state index in [4.69, 9.17) is 14.2 Å². The van der Waals surface area contributed by atoms with E-state index in [1.165, 1.54) is 4.31 Å². The fourth-order valence-corrected chi connectivity index (χ4v) is 4.83. The van der Waals surface area contributed by atoms with Gasteiger partial charge in [0.2, 0.25) is 10.0 Å². The second-order valence-corrected chi connectivity index (χ2v) is 10.4. The molecule has 3 aromatic carbocycles. The van der Waals surface area contributed by atoms with Crippen LogP contribution in [-0.4, -0.2) is 40.4 Å². The molecule has 1 N–H and O–H groups in total. The summed E-state index contributed by atoms with van der Waals surface area (Å²) in [4.78, 5) is 12.9. The molecule has 1 heterocycles. The van der Waals surface area contributed by atoms with Crippen LogP contribution in [0.3, 0.4) is 0 Å².